The summed E-state index contributed by atoms with van der Waals surface area (Å²) in [4.78, 5) is 14.9. The average molecular weight is 360 g/mol. The number of methoxy groups -OCH3 is 1. The molecule has 0 radical (unpaired) electrons. The molecule has 1 amide bonds. The van der Waals surface area contributed by atoms with Crippen molar-refractivity contribution in [3.8, 4) is 5.75 Å². The van der Waals surface area contributed by atoms with Crippen LogP contribution in [-0.4, -0.2) is 19.1 Å². The maximum Gasteiger partial charge on any atom is 0.244 e. The van der Waals surface area contributed by atoms with E-state index in [1.807, 2.05) is 84.9 Å². The van der Waals surface area contributed by atoms with Crippen molar-refractivity contribution in [2.45, 2.75) is 19.0 Å². The quantitative estimate of drug-likeness (QED) is 0.697. The van der Waals surface area contributed by atoms with Crippen LogP contribution < -0.4 is 15.4 Å². The summed E-state index contributed by atoms with van der Waals surface area (Å²) in [6.45, 7) is 0.467. The van der Waals surface area contributed by atoms with Crippen LogP contribution in [0.5, 0.6) is 5.75 Å². The van der Waals surface area contributed by atoms with Crippen molar-refractivity contribution in [1.29, 1.82) is 0 Å². The normalized spacial score (nSPS) is 11.6. The van der Waals surface area contributed by atoms with Gasteiger partial charge in [0.15, 0.2) is 0 Å². The summed E-state index contributed by atoms with van der Waals surface area (Å²) in [5, 5.41) is 0. The van der Waals surface area contributed by atoms with Gasteiger partial charge in [-0.25, -0.2) is 0 Å². The summed E-state index contributed by atoms with van der Waals surface area (Å²) >= 11 is 0. The number of hydrogen-bond donors (Lipinski definition) is 1. The molecule has 0 bridgehead atoms. The van der Waals surface area contributed by atoms with Gasteiger partial charge in [0.2, 0.25) is 5.91 Å². The molecule has 3 rings (SSSR count). The summed E-state index contributed by atoms with van der Waals surface area (Å²) < 4.78 is 5.23. The number of carbonyl (C=O) groups is 1. The molecule has 3 aromatic carbocycles. The zero-order valence-electron chi connectivity index (χ0n) is 15.4. The SMILES string of the molecule is COc1ccc(N(Cc2ccccc2)C(=O)[C@@H](N)Cc2ccccc2)cc1. The highest BCUT2D eigenvalue weighted by molar-refractivity contribution is 5.97. The Morgan fingerprint density at radius 1 is 0.889 bits per heavy atom. The molecule has 4 nitrogen and oxygen atoms in total. The van der Waals surface area contributed by atoms with E-state index in [1.165, 1.54) is 0 Å². The number of ether oxygens (including phenoxy) is 1. The minimum Gasteiger partial charge on any atom is -0.497 e. The minimum absolute atomic E-state index is 0.104. The van der Waals surface area contributed by atoms with E-state index < -0.39 is 6.04 Å². The lowest BCUT2D eigenvalue weighted by molar-refractivity contribution is -0.120. The number of anilines is 1. The molecule has 0 aromatic heterocycles. The lowest BCUT2D eigenvalue weighted by atomic mass is 10.0. The van der Waals surface area contributed by atoms with Crippen molar-refractivity contribution < 1.29 is 9.53 Å². The molecule has 0 spiro atoms. The number of carbonyl (C=O) groups excluding carboxylic acids is 1. The Morgan fingerprint density at radius 3 is 2.00 bits per heavy atom. The van der Waals surface area contributed by atoms with Crippen molar-refractivity contribution in [2.75, 3.05) is 12.0 Å². The molecule has 3 aromatic rings. The van der Waals surface area contributed by atoms with Gasteiger partial charge in [0.1, 0.15) is 5.75 Å². The van der Waals surface area contributed by atoms with Crippen molar-refractivity contribution >= 4 is 11.6 Å². The Kier molecular flexibility index (Phi) is 6.23. The molecule has 4 heteroatoms. The molecule has 0 aliphatic heterocycles. The first kappa shape index (κ1) is 18.7. The van der Waals surface area contributed by atoms with Crippen LogP contribution in [0, 0.1) is 0 Å². The van der Waals surface area contributed by atoms with Crippen LogP contribution in [0.2, 0.25) is 0 Å². The van der Waals surface area contributed by atoms with E-state index in [1.54, 1.807) is 12.0 Å². The Morgan fingerprint density at radius 2 is 1.44 bits per heavy atom. The number of benzene rings is 3. The van der Waals surface area contributed by atoms with Crippen LogP contribution in [-0.2, 0) is 17.8 Å². The van der Waals surface area contributed by atoms with Gasteiger partial charge in [0.05, 0.1) is 19.7 Å². The van der Waals surface area contributed by atoms with Crippen LogP contribution >= 0.6 is 0 Å². The third kappa shape index (κ3) is 4.96. The fraction of sp³-hybridized carbons (Fsp3) is 0.174. The van der Waals surface area contributed by atoms with Gasteiger partial charge >= 0.3 is 0 Å². The third-order valence-electron chi connectivity index (χ3n) is 4.45. The number of hydrogen-bond acceptors (Lipinski definition) is 3. The Hall–Kier alpha value is -3.11. The Labute approximate surface area is 160 Å². The summed E-state index contributed by atoms with van der Waals surface area (Å²) in [6.07, 6.45) is 0.501. The average Bonchev–Trinajstić information content (AvgIpc) is 2.73. The summed E-state index contributed by atoms with van der Waals surface area (Å²) in [5.41, 5.74) is 9.18. The molecule has 0 saturated heterocycles. The highest BCUT2D eigenvalue weighted by Gasteiger charge is 2.23. The van der Waals surface area contributed by atoms with E-state index in [-0.39, 0.29) is 5.91 Å². The van der Waals surface area contributed by atoms with Gasteiger partial charge in [0.25, 0.3) is 0 Å². The van der Waals surface area contributed by atoms with Gasteiger partial charge in [0, 0.05) is 5.69 Å². The van der Waals surface area contributed by atoms with Gasteiger partial charge < -0.3 is 15.4 Å². The number of amides is 1. The van der Waals surface area contributed by atoms with Crippen LogP contribution in [0.1, 0.15) is 11.1 Å². The van der Waals surface area contributed by atoms with Gasteiger partial charge in [-0.05, 0) is 41.8 Å². The highest BCUT2D eigenvalue weighted by atomic mass is 16.5. The van der Waals surface area contributed by atoms with Crippen molar-refractivity contribution in [3.05, 3.63) is 96.1 Å². The van der Waals surface area contributed by atoms with Crippen molar-refractivity contribution in [3.63, 3.8) is 0 Å². The van der Waals surface area contributed by atoms with Crippen LogP contribution in [0.3, 0.4) is 0 Å². The van der Waals surface area contributed by atoms with Crippen molar-refractivity contribution in [1.82, 2.24) is 0 Å². The second-order valence-corrected chi connectivity index (χ2v) is 6.40. The molecule has 0 heterocycles. The molecular weight excluding hydrogens is 336 g/mol. The van der Waals surface area contributed by atoms with E-state index in [0.717, 1.165) is 22.6 Å². The third-order valence-corrected chi connectivity index (χ3v) is 4.45. The zero-order chi connectivity index (χ0) is 19.1. The van der Waals surface area contributed by atoms with Gasteiger partial charge in [-0.15, -0.1) is 0 Å². The predicted molar refractivity (Wildman–Crippen MR) is 109 cm³/mol. The number of rotatable bonds is 7. The molecule has 1 atom stereocenters. The first-order valence-electron chi connectivity index (χ1n) is 8.96. The lowest BCUT2D eigenvalue weighted by Gasteiger charge is -2.26. The van der Waals surface area contributed by atoms with E-state index in [2.05, 4.69) is 0 Å². The second-order valence-electron chi connectivity index (χ2n) is 6.40. The number of nitrogens with two attached hydrogens (primary N) is 1. The smallest absolute Gasteiger partial charge is 0.244 e. The van der Waals surface area contributed by atoms with Gasteiger partial charge in [-0.1, -0.05) is 60.7 Å². The molecule has 27 heavy (non-hydrogen) atoms. The molecule has 0 aliphatic carbocycles. The summed E-state index contributed by atoms with van der Waals surface area (Å²) in [5.74, 6) is 0.646. The minimum atomic E-state index is -0.613. The van der Waals surface area contributed by atoms with Crippen LogP contribution in [0.4, 0.5) is 5.69 Å². The highest BCUT2D eigenvalue weighted by Crippen LogP contribution is 2.22. The monoisotopic (exact) mass is 360 g/mol. The molecule has 2 N–H and O–H groups in total. The Bertz CT molecular complexity index is 849. The van der Waals surface area contributed by atoms with Gasteiger partial charge in [-0.3, -0.25) is 4.79 Å². The summed E-state index contributed by atoms with van der Waals surface area (Å²) in [6, 6.07) is 26.6. The standard InChI is InChI=1S/C23H24N2O2/c1-27-21-14-12-20(13-15-21)25(17-19-10-6-3-7-11-19)23(26)22(24)16-18-8-4-2-5-9-18/h2-15,22H,16-17,24H2,1H3/t22-/m0/s1. The maximum atomic E-state index is 13.2. The van der Waals surface area contributed by atoms with E-state index in [4.69, 9.17) is 10.5 Å². The fourth-order valence-electron chi connectivity index (χ4n) is 2.98. The van der Waals surface area contributed by atoms with E-state index in [0.29, 0.717) is 13.0 Å². The fourth-order valence-corrected chi connectivity index (χ4v) is 2.98. The Balaban J connectivity index is 1.84. The zero-order valence-corrected chi connectivity index (χ0v) is 15.4. The first-order valence-corrected chi connectivity index (χ1v) is 8.96. The van der Waals surface area contributed by atoms with Crippen LogP contribution in [0.25, 0.3) is 0 Å². The molecule has 138 valence electrons. The van der Waals surface area contributed by atoms with Crippen LogP contribution in [0.15, 0.2) is 84.9 Å². The largest absolute Gasteiger partial charge is 0.497 e. The van der Waals surface area contributed by atoms with E-state index in [9.17, 15) is 4.79 Å². The lowest BCUT2D eigenvalue weighted by Crippen LogP contribution is -2.44. The maximum absolute atomic E-state index is 13.2. The molecule has 0 unspecified atom stereocenters. The summed E-state index contributed by atoms with van der Waals surface area (Å²) in [7, 11) is 1.62. The molecule has 0 fully saturated rings. The topological polar surface area (TPSA) is 55.6 Å². The second kappa shape index (κ2) is 9.01. The molecular formula is C23H24N2O2. The first-order chi connectivity index (χ1) is 13.2. The van der Waals surface area contributed by atoms with Gasteiger partial charge in [-0.2, -0.15) is 0 Å². The number of nitrogens with zero attached hydrogens (tertiary/aromatic N) is 1. The van der Waals surface area contributed by atoms with E-state index >= 15 is 0 Å². The predicted octanol–water partition coefficient (Wildman–Crippen LogP) is 3.80. The molecule has 0 aliphatic rings. The molecule has 0 saturated carbocycles. The van der Waals surface area contributed by atoms with Crippen molar-refractivity contribution in [2.24, 2.45) is 5.73 Å².